The highest BCUT2D eigenvalue weighted by molar-refractivity contribution is 6.30. The molecule has 0 bridgehead atoms. The summed E-state index contributed by atoms with van der Waals surface area (Å²) in [5.41, 5.74) is 3.73. The molecule has 2 aromatic rings. The van der Waals surface area contributed by atoms with Crippen LogP contribution in [-0.2, 0) is 0 Å². The van der Waals surface area contributed by atoms with Crippen molar-refractivity contribution >= 4 is 23.7 Å². The molecule has 1 amide bonds. The lowest BCUT2D eigenvalue weighted by Gasteiger charge is -2.03. The van der Waals surface area contributed by atoms with E-state index in [4.69, 9.17) is 16.3 Å². The van der Waals surface area contributed by atoms with Gasteiger partial charge in [-0.05, 0) is 36.4 Å². The van der Waals surface area contributed by atoms with Gasteiger partial charge in [-0.1, -0.05) is 23.7 Å². The SMILES string of the molecule is COc1ccccc1C=NNC(=O)c1ccc(Cl)cc1. The van der Waals surface area contributed by atoms with Crippen molar-refractivity contribution in [1.82, 2.24) is 5.43 Å². The number of methoxy groups -OCH3 is 1. The molecule has 0 heterocycles. The minimum Gasteiger partial charge on any atom is -0.496 e. The lowest BCUT2D eigenvalue weighted by Crippen LogP contribution is -2.17. The lowest BCUT2D eigenvalue weighted by molar-refractivity contribution is 0.0955. The van der Waals surface area contributed by atoms with E-state index in [1.807, 2.05) is 24.3 Å². The quantitative estimate of drug-likeness (QED) is 0.694. The van der Waals surface area contributed by atoms with Crippen molar-refractivity contribution in [2.24, 2.45) is 5.10 Å². The first-order valence-electron chi connectivity index (χ1n) is 5.92. The zero-order chi connectivity index (χ0) is 14.4. The lowest BCUT2D eigenvalue weighted by atomic mass is 10.2. The van der Waals surface area contributed by atoms with Crippen LogP contribution in [0.4, 0.5) is 0 Å². The Kier molecular flexibility index (Phi) is 4.74. The van der Waals surface area contributed by atoms with Crippen molar-refractivity contribution in [3.05, 3.63) is 64.7 Å². The zero-order valence-electron chi connectivity index (χ0n) is 10.8. The molecule has 2 rings (SSSR count). The van der Waals surface area contributed by atoms with Crippen molar-refractivity contribution in [3.63, 3.8) is 0 Å². The minimum atomic E-state index is -0.298. The fourth-order valence-corrected chi connectivity index (χ4v) is 1.73. The Morgan fingerprint density at radius 2 is 1.90 bits per heavy atom. The van der Waals surface area contributed by atoms with Gasteiger partial charge in [0.1, 0.15) is 5.75 Å². The van der Waals surface area contributed by atoms with E-state index in [2.05, 4.69) is 10.5 Å². The number of hydrogen-bond donors (Lipinski definition) is 1. The van der Waals surface area contributed by atoms with Gasteiger partial charge in [0.2, 0.25) is 0 Å². The average molecular weight is 289 g/mol. The Bertz CT molecular complexity index is 624. The van der Waals surface area contributed by atoms with Crippen LogP contribution in [-0.4, -0.2) is 19.2 Å². The molecule has 0 saturated heterocycles. The molecule has 1 N–H and O–H groups in total. The van der Waals surface area contributed by atoms with Crippen LogP contribution in [0.15, 0.2) is 53.6 Å². The number of nitrogens with zero attached hydrogens (tertiary/aromatic N) is 1. The number of nitrogens with one attached hydrogen (secondary N) is 1. The predicted octanol–water partition coefficient (Wildman–Crippen LogP) is 3.11. The molecular formula is C15H13ClN2O2. The van der Waals surface area contributed by atoms with Crippen molar-refractivity contribution in [2.45, 2.75) is 0 Å². The normalized spacial score (nSPS) is 10.5. The third-order valence-corrected chi connectivity index (χ3v) is 2.87. The van der Waals surface area contributed by atoms with E-state index in [0.29, 0.717) is 16.3 Å². The van der Waals surface area contributed by atoms with Gasteiger partial charge in [0, 0.05) is 16.1 Å². The van der Waals surface area contributed by atoms with Gasteiger partial charge in [0.05, 0.1) is 13.3 Å². The largest absolute Gasteiger partial charge is 0.496 e. The molecule has 0 aromatic heterocycles. The van der Waals surface area contributed by atoms with Crippen LogP contribution in [0.2, 0.25) is 5.02 Å². The first kappa shape index (κ1) is 14.1. The predicted molar refractivity (Wildman–Crippen MR) is 79.5 cm³/mol. The molecule has 0 radical (unpaired) electrons. The molecule has 2 aromatic carbocycles. The third kappa shape index (κ3) is 3.59. The molecular weight excluding hydrogens is 276 g/mol. The molecule has 102 valence electrons. The molecule has 5 heteroatoms. The van der Waals surface area contributed by atoms with Crippen LogP contribution in [0, 0.1) is 0 Å². The van der Waals surface area contributed by atoms with Crippen LogP contribution >= 0.6 is 11.6 Å². The standard InChI is InChI=1S/C15H13ClN2O2/c1-20-14-5-3-2-4-12(14)10-17-18-15(19)11-6-8-13(16)9-7-11/h2-10H,1H3,(H,18,19). The second-order valence-electron chi connectivity index (χ2n) is 3.95. The maximum atomic E-state index is 11.8. The highest BCUT2D eigenvalue weighted by Crippen LogP contribution is 2.14. The number of ether oxygens (including phenoxy) is 1. The Hall–Kier alpha value is -2.33. The Balaban J connectivity index is 2.02. The summed E-state index contributed by atoms with van der Waals surface area (Å²) in [7, 11) is 1.58. The fourth-order valence-electron chi connectivity index (χ4n) is 1.60. The summed E-state index contributed by atoms with van der Waals surface area (Å²) in [6.45, 7) is 0. The number of benzene rings is 2. The summed E-state index contributed by atoms with van der Waals surface area (Å²) in [6.07, 6.45) is 1.53. The summed E-state index contributed by atoms with van der Waals surface area (Å²) in [4.78, 5) is 11.8. The average Bonchev–Trinajstić information content (AvgIpc) is 2.48. The summed E-state index contributed by atoms with van der Waals surface area (Å²) >= 11 is 5.76. The summed E-state index contributed by atoms with van der Waals surface area (Å²) < 4.78 is 5.18. The van der Waals surface area contributed by atoms with Gasteiger partial charge < -0.3 is 4.74 Å². The molecule has 0 saturated carbocycles. The van der Waals surface area contributed by atoms with Crippen LogP contribution in [0.3, 0.4) is 0 Å². The van der Waals surface area contributed by atoms with Crippen LogP contribution in [0.25, 0.3) is 0 Å². The fraction of sp³-hybridized carbons (Fsp3) is 0.0667. The monoisotopic (exact) mass is 288 g/mol. The second-order valence-corrected chi connectivity index (χ2v) is 4.38. The minimum absolute atomic E-state index is 0.298. The van der Waals surface area contributed by atoms with Gasteiger partial charge in [-0.2, -0.15) is 5.10 Å². The number of hydrazone groups is 1. The second kappa shape index (κ2) is 6.73. The first-order valence-corrected chi connectivity index (χ1v) is 6.30. The smallest absolute Gasteiger partial charge is 0.271 e. The van der Waals surface area contributed by atoms with Crippen LogP contribution in [0.1, 0.15) is 15.9 Å². The number of carbonyl (C=O) groups excluding carboxylic acids is 1. The van der Waals surface area contributed by atoms with E-state index >= 15 is 0 Å². The highest BCUT2D eigenvalue weighted by Gasteiger charge is 2.03. The molecule has 0 atom stereocenters. The Morgan fingerprint density at radius 1 is 1.20 bits per heavy atom. The number of amides is 1. The summed E-state index contributed by atoms with van der Waals surface area (Å²) in [6, 6.07) is 14.0. The highest BCUT2D eigenvalue weighted by atomic mass is 35.5. The van der Waals surface area contributed by atoms with E-state index < -0.39 is 0 Å². The topological polar surface area (TPSA) is 50.7 Å². The van der Waals surface area contributed by atoms with Crippen molar-refractivity contribution < 1.29 is 9.53 Å². The van der Waals surface area contributed by atoms with Crippen molar-refractivity contribution in [2.75, 3.05) is 7.11 Å². The van der Waals surface area contributed by atoms with Gasteiger partial charge >= 0.3 is 0 Å². The number of hydrogen-bond acceptors (Lipinski definition) is 3. The van der Waals surface area contributed by atoms with E-state index in [9.17, 15) is 4.79 Å². The van der Waals surface area contributed by atoms with E-state index in [1.165, 1.54) is 6.21 Å². The molecule has 0 fully saturated rings. The molecule has 0 unspecified atom stereocenters. The first-order chi connectivity index (χ1) is 9.70. The van der Waals surface area contributed by atoms with Gasteiger partial charge in [0.25, 0.3) is 5.91 Å². The maximum absolute atomic E-state index is 11.8. The molecule has 20 heavy (non-hydrogen) atoms. The zero-order valence-corrected chi connectivity index (χ0v) is 11.6. The van der Waals surface area contributed by atoms with Crippen molar-refractivity contribution in [1.29, 1.82) is 0 Å². The number of rotatable bonds is 4. The Labute approximate surface area is 122 Å². The number of carbonyl (C=O) groups is 1. The third-order valence-electron chi connectivity index (χ3n) is 2.62. The van der Waals surface area contributed by atoms with Gasteiger partial charge in [-0.25, -0.2) is 5.43 Å². The Morgan fingerprint density at radius 3 is 2.60 bits per heavy atom. The molecule has 0 aliphatic rings. The summed E-state index contributed by atoms with van der Waals surface area (Å²) in [5, 5.41) is 4.49. The summed E-state index contributed by atoms with van der Waals surface area (Å²) in [5.74, 6) is 0.393. The van der Waals surface area contributed by atoms with Gasteiger partial charge in [-0.3, -0.25) is 4.79 Å². The molecule has 4 nitrogen and oxygen atoms in total. The molecule has 0 aliphatic carbocycles. The molecule has 0 aliphatic heterocycles. The van der Waals surface area contributed by atoms with E-state index in [1.54, 1.807) is 31.4 Å². The maximum Gasteiger partial charge on any atom is 0.271 e. The van der Waals surface area contributed by atoms with E-state index in [0.717, 1.165) is 5.56 Å². The number of para-hydroxylation sites is 1. The van der Waals surface area contributed by atoms with Gasteiger partial charge in [0.15, 0.2) is 0 Å². The van der Waals surface area contributed by atoms with Gasteiger partial charge in [-0.15, -0.1) is 0 Å². The molecule has 0 spiro atoms. The van der Waals surface area contributed by atoms with Crippen LogP contribution < -0.4 is 10.2 Å². The number of halogens is 1. The van der Waals surface area contributed by atoms with Crippen molar-refractivity contribution in [3.8, 4) is 5.75 Å². The van der Waals surface area contributed by atoms with Crippen LogP contribution in [0.5, 0.6) is 5.75 Å². The van der Waals surface area contributed by atoms with E-state index in [-0.39, 0.29) is 5.91 Å².